The molecular weight excluding hydrogens is 609 g/mol. The van der Waals surface area contributed by atoms with Crippen LogP contribution in [-0.2, 0) is 14.7 Å². The Balaban J connectivity index is 1.26. The smallest absolute Gasteiger partial charge is 0.230 e. The first kappa shape index (κ1) is 35.0. The van der Waals surface area contributed by atoms with E-state index in [1.54, 1.807) is 12.0 Å². The number of piperidine rings is 1. The first-order chi connectivity index (χ1) is 23.1. The molecule has 1 amide bonds. The molecule has 5 rings (SSSR count). The first-order valence-electron chi connectivity index (χ1n) is 16.9. The third-order valence-electron chi connectivity index (χ3n) is 9.47. The first-order valence-corrected chi connectivity index (χ1v) is 17.5. The Labute approximate surface area is 289 Å². The quantitative estimate of drug-likeness (QED) is 0.122. The highest BCUT2D eigenvalue weighted by atomic mass is 31.0. The van der Waals surface area contributed by atoms with Crippen LogP contribution < -0.4 is 10.2 Å². The van der Waals surface area contributed by atoms with Gasteiger partial charge in [0.05, 0.1) is 19.6 Å². The Kier molecular flexibility index (Phi) is 11.4. The van der Waals surface area contributed by atoms with E-state index in [0.717, 1.165) is 42.9 Å². The van der Waals surface area contributed by atoms with Gasteiger partial charge in [-0.25, -0.2) is 0 Å². The van der Waals surface area contributed by atoms with E-state index in [-0.39, 0.29) is 22.9 Å². The highest BCUT2D eigenvalue weighted by molar-refractivity contribution is 7.18. The Hall–Kier alpha value is -4.34. The molecule has 4 aromatic carbocycles. The molecule has 2 unspecified atom stereocenters. The lowest BCUT2D eigenvalue weighted by molar-refractivity contribution is -0.133. The molecule has 5 nitrogen and oxygen atoms in total. The summed E-state index contributed by atoms with van der Waals surface area (Å²) < 4.78 is 5.26. The Morgan fingerprint density at radius 1 is 0.979 bits per heavy atom. The second-order valence-electron chi connectivity index (χ2n) is 13.4. The molecule has 1 saturated heterocycles. The van der Waals surface area contributed by atoms with E-state index in [2.05, 4.69) is 138 Å². The molecule has 0 spiro atoms. The highest BCUT2D eigenvalue weighted by Gasteiger charge is 2.34. The lowest BCUT2D eigenvalue weighted by Gasteiger charge is -2.38. The summed E-state index contributed by atoms with van der Waals surface area (Å²) in [6.45, 7) is 12.6. The number of nitrogens with zero attached hydrogens (tertiary/aromatic N) is 2. The summed E-state index contributed by atoms with van der Waals surface area (Å²) in [7, 11) is 6.37. The van der Waals surface area contributed by atoms with E-state index >= 15 is 0 Å². The van der Waals surface area contributed by atoms with Gasteiger partial charge in [0, 0.05) is 47.9 Å². The van der Waals surface area contributed by atoms with Gasteiger partial charge in [-0.1, -0.05) is 105 Å². The van der Waals surface area contributed by atoms with Crippen LogP contribution in [0.1, 0.15) is 56.2 Å². The molecule has 1 heterocycles. The number of likely N-dealkylation sites (N-methyl/N-ethyl adjacent to an activating group) is 1. The lowest BCUT2D eigenvalue weighted by atomic mass is 9.79. The zero-order valence-corrected chi connectivity index (χ0v) is 30.2. The summed E-state index contributed by atoms with van der Waals surface area (Å²) in [5.74, 6) is 0.778. The predicted molar refractivity (Wildman–Crippen MR) is 206 cm³/mol. The molecule has 48 heavy (non-hydrogen) atoms. The van der Waals surface area contributed by atoms with Gasteiger partial charge in [-0.2, -0.15) is 0 Å². The number of benzene rings is 4. The van der Waals surface area contributed by atoms with E-state index in [0.29, 0.717) is 12.3 Å². The summed E-state index contributed by atoms with van der Waals surface area (Å²) in [6, 6.07) is 36.4. The molecule has 250 valence electrons. The molecule has 6 heteroatoms. The van der Waals surface area contributed by atoms with Gasteiger partial charge in [0.25, 0.3) is 0 Å². The summed E-state index contributed by atoms with van der Waals surface area (Å²) in [4.78, 5) is 17.9. The second-order valence-corrected chi connectivity index (χ2v) is 14.8. The molecule has 0 aliphatic carbocycles. The average Bonchev–Trinajstić information content (AvgIpc) is 3.11. The van der Waals surface area contributed by atoms with Crippen molar-refractivity contribution in [1.82, 2.24) is 4.90 Å². The van der Waals surface area contributed by atoms with Crippen molar-refractivity contribution >= 4 is 32.2 Å². The molecule has 0 aromatic heterocycles. The maximum atomic E-state index is 13.8. The number of rotatable bonds is 12. The Bertz CT molecular complexity index is 1700. The summed E-state index contributed by atoms with van der Waals surface area (Å²) in [6.07, 6.45) is 4.03. The predicted octanol–water partition coefficient (Wildman–Crippen LogP) is 9.56. The van der Waals surface area contributed by atoms with Crippen molar-refractivity contribution < 1.29 is 9.53 Å². The van der Waals surface area contributed by atoms with Crippen molar-refractivity contribution in [3.63, 3.8) is 0 Å². The van der Waals surface area contributed by atoms with E-state index in [9.17, 15) is 4.79 Å². The number of ether oxygens (including phenoxy) is 1. The summed E-state index contributed by atoms with van der Waals surface area (Å²) in [5, 5.41) is 3.72. The van der Waals surface area contributed by atoms with Gasteiger partial charge in [-0.05, 0) is 72.2 Å². The number of carbonyl (C=O) groups is 1. The van der Waals surface area contributed by atoms with Crippen molar-refractivity contribution in [2.45, 2.75) is 44.7 Å². The fourth-order valence-corrected chi connectivity index (χ4v) is 6.86. The molecule has 0 saturated carbocycles. The molecule has 0 bridgehead atoms. The third-order valence-corrected chi connectivity index (χ3v) is 9.80. The second kappa shape index (κ2) is 15.7. The van der Waals surface area contributed by atoms with Gasteiger partial charge >= 0.3 is 0 Å². The van der Waals surface area contributed by atoms with Crippen LogP contribution in [0.2, 0.25) is 0 Å². The molecule has 1 aliphatic heterocycles. The van der Waals surface area contributed by atoms with Crippen LogP contribution >= 0.6 is 9.24 Å². The van der Waals surface area contributed by atoms with Crippen molar-refractivity contribution in [1.29, 1.82) is 0 Å². The minimum absolute atomic E-state index is 0.0389. The standard InChI is InChI=1S/C42H50N3O2P/c1-7-39(38-16-12-11-15-37(38)31-17-19-34(20-18-31)42(3,4)48)43-35-21-23-36(24-22-35)45-27-25-33(26-28-45)40(32-13-9-8-10-14-32)41(46)44(5)29-30(2)47-6/h7-24,33,40,43H,2,25-29,48H2,1,3-6H3. The summed E-state index contributed by atoms with van der Waals surface area (Å²) in [5.41, 5.74) is 9.27. The van der Waals surface area contributed by atoms with Crippen molar-refractivity contribution in [2.24, 2.45) is 5.92 Å². The molecule has 1 N–H and O–H groups in total. The van der Waals surface area contributed by atoms with Crippen molar-refractivity contribution in [3.05, 3.63) is 138 Å². The van der Waals surface area contributed by atoms with E-state index in [1.165, 1.54) is 27.9 Å². The minimum Gasteiger partial charge on any atom is -0.500 e. The maximum Gasteiger partial charge on any atom is 0.230 e. The number of anilines is 2. The van der Waals surface area contributed by atoms with Crippen LogP contribution in [0.15, 0.2) is 122 Å². The van der Waals surface area contributed by atoms with Crippen molar-refractivity contribution in [2.75, 3.05) is 44.0 Å². The van der Waals surface area contributed by atoms with E-state index < -0.39 is 0 Å². The fraction of sp³-hybridized carbons (Fsp3) is 0.310. The minimum atomic E-state index is -0.188. The largest absolute Gasteiger partial charge is 0.500 e. The van der Waals surface area contributed by atoms with Gasteiger partial charge in [0.15, 0.2) is 0 Å². The number of nitrogens with one attached hydrogen (secondary N) is 1. The number of amides is 1. The third kappa shape index (κ3) is 8.38. The molecular formula is C42H50N3O2P. The molecule has 4 aromatic rings. The molecule has 1 aliphatic rings. The monoisotopic (exact) mass is 659 g/mol. The zero-order chi connectivity index (χ0) is 34.3. The number of methoxy groups -OCH3 is 1. The van der Waals surface area contributed by atoms with Gasteiger partial charge in [0.2, 0.25) is 5.91 Å². The van der Waals surface area contributed by atoms with Crippen molar-refractivity contribution in [3.8, 4) is 11.1 Å². The maximum absolute atomic E-state index is 13.8. The van der Waals surface area contributed by atoms with Crippen LogP contribution in [0.5, 0.6) is 0 Å². The van der Waals surface area contributed by atoms with Crippen LogP contribution in [0.4, 0.5) is 11.4 Å². The van der Waals surface area contributed by atoms with Gasteiger partial charge in [-0.3, -0.25) is 4.79 Å². The van der Waals surface area contributed by atoms with Gasteiger partial charge in [0.1, 0.15) is 5.76 Å². The highest BCUT2D eigenvalue weighted by Crippen LogP contribution is 2.37. The molecule has 0 radical (unpaired) electrons. The topological polar surface area (TPSA) is 44.8 Å². The van der Waals surface area contributed by atoms with E-state index in [1.807, 2.05) is 25.2 Å². The number of allylic oxidation sites excluding steroid dienone is 1. The number of hydrogen-bond donors (Lipinski definition) is 1. The van der Waals surface area contributed by atoms with Gasteiger partial charge < -0.3 is 19.9 Å². The van der Waals surface area contributed by atoms with E-state index in [4.69, 9.17) is 4.74 Å². The van der Waals surface area contributed by atoms with Crippen LogP contribution in [0.3, 0.4) is 0 Å². The lowest BCUT2D eigenvalue weighted by Crippen LogP contribution is -2.41. The molecule has 2 atom stereocenters. The van der Waals surface area contributed by atoms with Crippen LogP contribution in [0.25, 0.3) is 16.8 Å². The average molecular weight is 660 g/mol. The normalized spacial score (nSPS) is 14.7. The fourth-order valence-electron chi connectivity index (χ4n) is 6.67. The van der Waals surface area contributed by atoms with Crippen LogP contribution in [-0.4, -0.2) is 44.6 Å². The Morgan fingerprint density at radius 2 is 1.60 bits per heavy atom. The zero-order valence-electron chi connectivity index (χ0n) is 29.1. The van der Waals surface area contributed by atoms with Gasteiger partial charge in [-0.15, -0.1) is 9.24 Å². The SMILES string of the molecule is C=C(CN(C)C(=O)C(c1ccccc1)C1CCN(c2ccc(NC(=CC)c3ccccc3-c3ccc(C(C)(C)P)cc3)cc2)CC1)OC. The molecule has 1 fully saturated rings. The number of hydrogen-bond acceptors (Lipinski definition) is 4. The Morgan fingerprint density at radius 3 is 2.21 bits per heavy atom. The number of carbonyl (C=O) groups excluding carboxylic acids is 1. The summed E-state index contributed by atoms with van der Waals surface area (Å²) >= 11 is 0. The van der Waals surface area contributed by atoms with Crippen LogP contribution in [0, 0.1) is 5.92 Å².